The summed E-state index contributed by atoms with van der Waals surface area (Å²) in [6, 6.07) is 8.49. The Morgan fingerprint density at radius 2 is 1.89 bits per heavy atom. The number of thiophene rings is 1. The molecular weight excluding hydrogens is 240 g/mol. The number of fused-ring (bicyclic) bond motifs is 2. The third kappa shape index (κ3) is 1.55. The van der Waals surface area contributed by atoms with Crippen LogP contribution >= 0.6 is 11.3 Å². The van der Waals surface area contributed by atoms with Crippen LogP contribution in [0.1, 0.15) is 37.4 Å². The predicted molar refractivity (Wildman–Crippen MR) is 75.7 cm³/mol. The fraction of sp³-hybridized carbons (Fsp3) is 0.500. The summed E-state index contributed by atoms with van der Waals surface area (Å²) in [5, 5.41) is 14.1. The first kappa shape index (κ1) is 11.0. The molecule has 0 amide bonds. The molecule has 3 atom stereocenters. The third-order valence-electron chi connectivity index (χ3n) is 4.92. The molecular formula is C16H18OS. The van der Waals surface area contributed by atoms with Crippen molar-refractivity contribution < 1.29 is 5.11 Å². The van der Waals surface area contributed by atoms with Gasteiger partial charge in [0.05, 0.1) is 6.10 Å². The molecule has 1 heterocycles. The SMILES string of the molecule is OC(c1cccc2ccsc12)C1C2CCCCC21. The first-order valence-corrected chi connectivity index (χ1v) is 7.88. The Balaban J connectivity index is 1.68. The maximum absolute atomic E-state index is 10.7. The van der Waals surface area contributed by atoms with Crippen LogP contribution < -0.4 is 0 Å². The van der Waals surface area contributed by atoms with Gasteiger partial charge in [-0.3, -0.25) is 0 Å². The molecule has 2 aliphatic carbocycles. The Hall–Kier alpha value is -0.860. The van der Waals surface area contributed by atoms with E-state index in [1.165, 1.54) is 41.3 Å². The molecule has 1 nitrogen and oxygen atoms in total. The standard InChI is InChI=1S/C16H18OS/c17-15(14-11-5-1-2-6-12(11)14)13-7-3-4-10-8-9-18-16(10)13/h3-4,7-9,11-12,14-15,17H,1-2,5-6H2. The van der Waals surface area contributed by atoms with Crippen LogP contribution in [0.25, 0.3) is 10.1 Å². The zero-order valence-corrected chi connectivity index (χ0v) is 11.2. The minimum absolute atomic E-state index is 0.236. The number of benzene rings is 1. The molecule has 1 N–H and O–H groups in total. The van der Waals surface area contributed by atoms with Crippen molar-refractivity contribution in [3.8, 4) is 0 Å². The van der Waals surface area contributed by atoms with E-state index in [0.29, 0.717) is 5.92 Å². The molecule has 2 aromatic rings. The topological polar surface area (TPSA) is 20.2 Å². The molecule has 2 heteroatoms. The van der Waals surface area contributed by atoms with Crippen LogP contribution in [0.15, 0.2) is 29.6 Å². The first-order chi connectivity index (χ1) is 8.86. The average Bonchev–Trinajstić information content (AvgIpc) is 2.93. The van der Waals surface area contributed by atoms with Crippen molar-refractivity contribution in [1.29, 1.82) is 0 Å². The van der Waals surface area contributed by atoms with Gasteiger partial charge in [-0.25, -0.2) is 0 Å². The molecule has 2 aliphatic rings. The highest BCUT2D eigenvalue weighted by Crippen LogP contribution is 2.60. The summed E-state index contributed by atoms with van der Waals surface area (Å²) >= 11 is 1.76. The Morgan fingerprint density at radius 3 is 2.67 bits per heavy atom. The quantitative estimate of drug-likeness (QED) is 0.848. The van der Waals surface area contributed by atoms with E-state index in [1.807, 2.05) is 0 Å². The second kappa shape index (κ2) is 4.07. The largest absolute Gasteiger partial charge is 0.388 e. The smallest absolute Gasteiger partial charge is 0.0837 e. The second-order valence-corrected chi connectivity index (χ2v) is 6.74. The van der Waals surface area contributed by atoms with Crippen molar-refractivity contribution in [2.45, 2.75) is 31.8 Å². The number of aliphatic hydroxyl groups is 1. The van der Waals surface area contributed by atoms with Crippen molar-refractivity contribution in [3.05, 3.63) is 35.2 Å². The molecule has 0 aliphatic heterocycles. The maximum atomic E-state index is 10.7. The minimum Gasteiger partial charge on any atom is -0.388 e. The highest BCUT2D eigenvalue weighted by Gasteiger charge is 2.54. The van der Waals surface area contributed by atoms with Crippen LogP contribution in [-0.4, -0.2) is 5.11 Å². The van der Waals surface area contributed by atoms with Crippen molar-refractivity contribution >= 4 is 21.4 Å². The van der Waals surface area contributed by atoms with Crippen LogP contribution in [0.4, 0.5) is 0 Å². The van der Waals surface area contributed by atoms with E-state index >= 15 is 0 Å². The van der Waals surface area contributed by atoms with E-state index in [4.69, 9.17) is 0 Å². The lowest BCUT2D eigenvalue weighted by atomic mass is 10.0. The Morgan fingerprint density at radius 1 is 1.11 bits per heavy atom. The molecule has 2 saturated carbocycles. The van der Waals surface area contributed by atoms with Gasteiger partial charge in [0.15, 0.2) is 0 Å². The molecule has 0 spiro atoms. The fourth-order valence-electron chi connectivity index (χ4n) is 3.97. The van der Waals surface area contributed by atoms with E-state index in [1.54, 1.807) is 11.3 Å². The Kier molecular flexibility index (Phi) is 2.49. The fourth-order valence-corrected chi connectivity index (χ4v) is 4.92. The van der Waals surface area contributed by atoms with E-state index in [-0.39, 0.29) is 6.10 Å². The lowest BCUT2D eigenvalue weighted by Crippen LogP contribution is -2.02. The molecule has 94 valence electrons. The summed E-state index contributed by atoms with van der Waals surface area (Å²) in [6.07, 6.45) is 5.18. The van der Waals surface area contributed by atoms with E-state index in [9.17, 15) is 5.11 Å². The summed E-state index contributed by atoms with van der Waals surface area (Å²) in [5.41, 5.74) is 1.17. The van der Waals surface area contributed by atoms with Gasteiger partial charge >= 0.3 is 0 Å². The molecule has 3 unspecified atom stereocenters. The third-order valence-corrected chi connectivity index (χ3v) is 5.89. The van der Waals surface area contributed by atoms with Gasteiger partial charge < -0.3 is 5.11 Å². The monoisotopic (exact) mass is 258 g/mol. The van der Waals surface area contributed by atoms with Gasteiger partial charge in [-0.15, -0.1) is 11.3 Å². The van der Waals surface area contributed by atoms with Gasteiger partial charge in [0.1, 0.15) is 0 Å². The second-order valence-electron chi connectivity index (χ2n) is 5.82. The van der Waals surface area contributed by atoms with Crippen LogP contribution in [0, 0.1) is 17.8 Å². The number of hydrogen-bond donors (Lipinski definition) is 1. The van der Waals surface area contributed by atoms with E-state index in [0.717, 1.165) is 11.8 Å². The molecule has 2 fully saturated rings. The van der Waals surface area contributed by atoms with Crippen molar-refractivity contribution in [2.75, 3.05) is 0 Å². The molecule has 18 heavy (non-hydrogen) atoms. The van der Waals surface area contributed by atoms with E-state index < -0.39 is 0 Å². The lowest BCUT2D eigenvalue weighted by molar-refractivity contribution is 0.144. The molecule has 1 aromatic heterocycles. The average molecular weight is 258 g/mol. The zero-order valence-electron chi connectivity index (χ0n) is 10.4. The van der Waals surface area contributed by atoms with Gasteiger partial charge in [-0.1, -0.05) is 31.0 Å². The summed E-state index contributed by atoms with van der Waals surface area (Å²) < 4.78 is 1.29. The minimum atomic E-state index is -0.236. The number of rotatable bonds is 2. The highest BCUT2D eigenvalue weighted by molar-refractivity contribution is 7.17. The predicted octanol–water partition coefficient (Wildman–Crippen LogP) is 4.37. The molecule has 0 bridgehead atoms. The molecule has 4 rings (SSSR count). The molecule has 1 aromatic carbocycles. The van der Waals surface area contributed by atoms with Gasteiger partial charge in [0.2, 0.25) is 0 Å². The van der Waals surface area contributed by atoms with Crippen LogP contribution in [0.2, 0.25) is 0 Å². The normalized spacial score (nSPS) is 32.2. The summed E-state index contributed by atoms with van der Waals surface area (Å²) in [6.45, 7) is 0. The van der Waals surface area contributed by atoms with E-state index in [2.05, 4.69) is 29.6 Å². The first-order valence-electron chi connectivity index (χ1n) is 7.00. The molecule has 0 saturated heterocycles. The van der Waals surface area contributed by atoms with Crippen LogP contribution in [0.3, 0.4) is 0 Å². The van der Waals surface area contributed by atoms with Gasteiger partial charge in [-0.05, 0) is 53.0 Å². The Labute approximate surface area is 111 Å². The van der Waals surface area contributed by atoms with Crippen LogP contribution in [-0.2, 0) is 0 Å². The van der Waals surface area contributed by atoms with Crippen molar-refractivity contribution in [2.24, 2.45) is 17.8 Å². The summed E-state index contributed by atoms with van der Waals surface area (Å²) in [5.74, 6) is 2.16. The number of aliphatic hydroxyl groups excluding tert-OH is 1. The Bertz CT molecular complexity index is 561. The van der Waals surface area contributed by atoms with Gasteiger partial charge in [0, 0.05) is 4.70 Å². The van der Waals surface area contributed by atoms with Crippen molar-refractivity contribution in [1.82, 2.24) is 0 Å². The van der Waals surface area contributed by atoms with Gasteiger partial charge in [0.25, 0.3) is 0 Å². The number of hydrogen-bond acceptors (Lipinski definition) is 2. The van der Waals surface area contributed by atoms with Crippen molar-refractivity contribution in [3.63, 3.8) is 0 Å². The maximum Gasteiger partial charge on any atom is 0.0837 e. The molecule has 0 radical (unpaired) electrons. The highest BCUT2D eigenvalue weighted by atomic mass is 32.1. The van der Waals surface area contributed by atoms with Gasteiger partial charge in [-0.2, -0.15) is 0 Å². The zero-order chi connectivity index (χ0) is 12.1. The summed E-state index contributed by atoms with van der Waals surface area (Å²) in [4.78, 5) is 0. The van der Waals surface area contributed by atoms with Crippen LogP contribution in [0.5, 0.6) is 0 Å². The lowest BCUT2D eigenvalue weighted by Gasteiger charge is -2.12. The summed E-state index contributed by atoms with van der Waals surface area (Å²) in [7, 11) is 0.